The number of hydrogen-bond acceptors (Lipinski definition) is 3. The first-order valence-electron chi connectivity index (χ1n) is 7.22. The van der Waals surface area contributed by atoms with Crippen LogP contribution in [0.15, 0.2) is 47.6 Å². The lowest BCUT2D eigenvalue weighted by Crippen LogP contribution is -2.12. The average molecular weight is 314 g/mol. The summed E-state index contributed by atoms with van der Waals surface area (Å²) in [7, 11) is -3.63. The summed E-state index contributed by atoms with van der Waals surface area (Å²) in [5.74, 6) is 0. The summed E-state index contributed by atoms with van der Waals surface area (Å²) >= 11 is 0. The van der Waals surface area contributed by atoms with Gasteiger partial charge in [-0.05, 0) is 49.6 Å². The van der Waals surface area contributed by atoms with Gasteiger partial charge >= 0.3 is 0 Å². The number of aromatic nitrogens is 2. The van der Waals surface area contributed by atoms with Crippen LogP contribution in [-0.4, -0.2) is 17.4 Å². The maximum Gasteiger partial charge on any atom is 0.269 e. The molecule has 0 saturated heterocycles. The first-order valence-corrected chi connectivity index (χ1v) is 8.66. The highest BCUT2D eigenvalue weighted by Gasteiger charge is 2.21. The monoisotopic (exact) mass is 314 g/mol. The molecule has 0 radical (unpaired) electrons. The van der Waals surface area contributed by atoms with E-state index in [4.69, 9.17) is 0 Å². The molecule has 0 atom stereocenters. The van der Waals surface area contributed by atoms with Gasteiger partial charge in [-0.25, -0.2) is 17.4 Å². The molecule has 3 rings (SSSR count). The standard InChI is InChI=1S/C17H18N2O2S/c1-4-14-11-19(17-16(14)9-13(3)10-18-17)22(20,21)15-7-5-12(2)6-8-15/h5-11H,4H2,1-3H3. The molecule has 3 aromatic rings. The van der Waals surface area contributed by atoms with Gasteiger partial charge in [0.25, 0.3) is 10.0 Å². The Kier molecular flexibility index (Phi) is 3.53. The molecule has 22 heavy (non-hydrogen) atoms. The molecule has 114 valence electrons. The van der Waals surface area contributed by atoms with Gasteiger partial charge in [0.1, 0.15) is 0 Å². The molecule has 0 spiro atoms. The smallest absolute Gasteiger partial charge is 0.237 e. The molecule has 0 aliphatic rings. The maximum atomic E-state index is 12.9. The van der Waals surface area contributed by atoms with E-state index in [2.05, 4.69) is 4.98 Å². The van der Waals surface area contributed by atoms with Crippen molar-refractivity contribution in [2.45, 2.75) is 32.1 Å². The fraction of sp³-hybridized carbons (Fsp3) is 0.235. The van der Waals surface area contributed by atoms with Gasteiger partial charge in [0.15, 0.2) is 5.65 Å². The second kappa shape index (κ2) is 5.25. The summed E-state index contributed by atoms with van der Waals surface area (Å²) < 4.78 is 27.1. The van der Waals surface area contributed by atoms with Crippen molar-refractivity contribution in [3.05, 3.63) is 59.4 Å². The molecule has 2 heterocycles. The third-order valence-corrected chi connectivity index (χ3v) is 5.45. The summed E-state index contributed by atoms with van der Waals surface area (Å²) in [5.41, 5.74) is 3.52. The number of hydrogen-bond donors (Lipinski definition) is 0. The minimum absolute atomic E-state index is 0.278. The maximum absolute atomic E-state index is 12.9. The number of pyridine rings is 1. The molecule has 0 aliphatic heterocycles. The van der Waals surface area contributed by atoms with Crippen molar-refractivity contribution < 1.29 is 8.42 Å². The summed E-state index contributed by atoms with van der Waals surface area (Å²) in [6.45, 7) is 5.90. The molecule has 4 nitrogen and oxygen atoms in total. The topological polar surface area (TPSA) is 52.0 Å². The fourth-order valence-corrected chi connectivity index (χ4v) is 3.88. The molecule has 0 N–H and O–H groups in total. The van der Waals surface area contributed by atoms with E-state index >= 15 is 0 Å². The van der Waals surface area contributed by atoms with Gasteiger partial charge in [-0.15, -0.1) is 0 Å². The van der Waals surface area contributed by atoms with Gasteiger partial charge in [-0.2, -0.15) is 0 Å². The lowest BCUT2D eigenvalue weighted by Gasteiger charge is -2.07. The highest BCUT2D eigenvalue weighted by atomic mass is 32.2. The fourth-order valence-electron chi connectivity index (χ4n) is 2.53. The van der Waals surface area contributed by atoms with Crippen LogP contribution in [0.3, 0.4) is 0 Å². The van der Waals surface area contributed by atoms with Gasteiger partial charge < -0.3 is 0 Å². The zero-order valence-corrected chi connectivity index (χ0v) is 13.7. The zero-order valence-electron chi connectivity index (χ0n) is 12.9. The summed E-state index contributed by atoms with van der Waals surface area (Å²) in [6.07, 6.45) is 4.15. The quantitative estimate of drug-likeness (QED) is 0.744. The Hall–Kier alpha value is -2.14. The first-order chi connectivity index (χ1) is 10.4. The Morgan fingerprint density at radius 1 is 1.09 bits per heavy atom. The van der Waals surface area contributed by atoms with Gasteiger partial charge in [0.2, 0.25) is 0 Å². The number of aryl methyl sites for hydroxylation is 3. The van der Waals surface area contributed by atoms with E-state index in [1.165, 1.54) is 3.97 Å². The number of benzene rings is 1. The van der Waals surface area contributed by atoms with Crippen molar-refractivity contribution >= 4 is 21.1 Å². The van der Waals surface area contributed by atoms with Crippen LogP contribution in [0.5, 0.6) is 0 Å². The molecule has 0 saturated carbocycles. The molecule has 0 bridgehead atoms. The van der Waals surface area contributed by atoms with Crippen molar-refractivity contribution in [1.29, 1.82) is 0 Å². The van der Waals surface area contributed by atoms with E-state index in [0.717, 1.165) is 28.5 Å². The molecule has 5 heteroatoms. The minimum Gasteiger partial charge on any atom is -0.237 e. The third kappa shape index (κ3) is 2.31. The van der Waals surface area contributed by atoms with Gasteiger partial charge in [0.05, 0.1) is 4.90 Å². The molecule has 0 unspecified atom stereocenters. The normalized spacial score (nSPS) is 12.0. The molecular weight excluding hydrogens is 296 g/mol. The van der Waals surface area contributed by atoms with E-state index in [-0.39, 0.29) is 4.90 Å². The summed E-state index contributed by atoms with van der Waals surface area (Å²) in [4.78, 5) is 4.62. The number of rotatable bonds is 3. The Morgan fingerprint density at radius 3 is 2.41 bits per heavy atom. The molecule has 2 aromatic heterocycles. The minimum atomic E-state index is -3.63. The van der Waals surface area contributed by atoms with Crippen molar-refractivity contribution in [2.24, 2.45) is 0 Å². The van der Waals surface area contributed by atoms with Crippen molar-refractivity contribution in [2.75, 3.05) is 0 Å². The van der Waals surface area contributed by atoms with Crippen LogP contribution in [0.4, 0.5) is 0 Å². The van der Waals surface area contributed by atoms with Gasteiger partial charge in [-0.3, -0.25) is 0 Å². The Morgan fingerprint density at radius 2 is 1.77 bits per heavy atom. The van der Waals surface area contributed by atoms with E-state index in [1.54, 1.807) is 36.7 Å². The first kappa shape index (κ1) is 14.8. The van der Waals surface area contributed by atoms with E-state index < -0.39 is 10.0 Å². The predicted octanol–water partition coefficient (Wildman–Crippen LogP) is 3.45. The van der Waals surface area contributed by atoms with E-state index in [0.29, 0.717) is 5.65 Å². The van der Waals surface area contributed by atoms with Crippen molar-refractivity contribution in [1.82, 2.24) is 8.96 Å². The number of fused-ring (bicyclic) bond motifs is 1. The Labute approximate surface area is 130 Å². The lowest BCUT2D eigenvalue weighted by molar-refractivity contribution is 0.588. The second-order valence-electron chi connectivity index (χ2n) is 5.51. The van der Waals surface area contributed by atoms with E-state index in [9.17, 15) is 8.42 Å². The van der Waals surface area contributed by atoms with Crippen molar-refractivity contribution in [3.63, 3.8) is 0 Å². The lowest BCUT2D eigenvalue weighted by atomic mass is 10.1. The SMILES string of the molecule is CCc1cn(S(=O)(=O)c2ccc(C)cc2)c2ncc(C)cc12. The van der Waals surface area contributed by atoms with Crippen LogP contribution in [0.1, 0.15) is 23.6 Å². The van der Waals surface area contributed by atoms with Crippen molar-refractivity contribution in [3.8, 4) is 0 Å². The van der Waals surface area contributed by atoms with Crippen LogP contribution in [0, 0.1) is 13.8 Å². The van der Waals surface area contributed by atoms with Crippen LogP contribution in [0.25, 0.3) is 11.0 Å². The van der Waals surface area contributed by atoms with E-state index in [1.807, 2.05) is 26.8 Å². The summed E-state index contributed by atoms with van der Waals surface area (Å²) in [5, 5.41) is 0.901. The van der Waals surface area contributed by atoms with Crippen LogP contribution < -0.4 is 0 Å². The predicted molar refractivity (Wildman–Crippen MR) is 87.6 cm³/mol. The highest BCUT2D eigenvalue weighted by Crippen LogP contribution is 2.25. The molecule has 0 amide bonds. The molecular formula is C17H18N2O2S. The Balaban J connectivity index is 2.27. The number of nitrogens with zero attached hydrogens (tertiary/aromatic N) is 2. The zero-order chi connectivity index (χ0) is 15.9. The summed E-state index contributed by atoms with van der Waals surface area (Å²) in [6, 6.07) is 8.86. The second-order valence-corrected chi connectivity index (χ2v) is 7.32. The average Bonchev–Trinajstić information content (AvgIpc) is 2.86. The molecule has 1 aromatic carbocycles. The van der Waals surface area contributed by atoms with Crippen LogP contribution in [-0.2, 0) is 16.4 Å². The highest BCUT2D eigenvalue weighted by molar-refractivity contribution is 7.90. The third-order valence-electron chi connectivity index (χ3n) is 3.79. The van der Waals surface area contributed by atoms with Gasteiger partial charge in [-0.1, -0.05) is 24.6 Å². The molecule has 0 fully saturated rings. The Bertz CT molecular complexity index is 939. The van der Waals surface area contributed by atoms with Crippen LogP contribution in [0.2, 0.25) is 0 Å². The largest absolute Gasteiger partial charge is 0.269 e. The van der Waals surface area contributed by atoms with Gasteiger partial charge in [0, 0.05) is 17.8 Å². The van der Waals surface area contributed by atoms with Crippen LogP contribution >= 0.6 is 0 Å². The molecule has 0 aliphatic carbocycles.